The molecule has 0 unspecified atom stereocenters. The molecule has 0 aromatic rings. The number of aliphatic hydroxyl groups is 1. The summed E-state index contributed by atoms with van der Waals surface area (Å²) in [4.78, 5) is 2.42. The van der Waals surface area contributed by atoms with E-state index in [4.69, 9.17) is 0 Å². The smallest absolute Gasteiger partial charge is 0.0774 e. The SMILES string of the molecule is CCCN(CCC)CC1(O)CCCC1. The van der Waals surface area contributed by atoms with Crippen LogP contribution in [0.3, 0.4) is 0 Å². The number of hydrogen-bond acceptors (Lipinski definition) is 2. The molecule has 0 aromatic carbocycles. The van der Waals surface area contributed by atoms with Crippen LogP contribution in [-0.4, -0.2) is 35.2 Å². The highest BCUT2D eigenvalue weighted by atomic mass is 16.3. The molecule has 14 heavy (non-hydrogen) atoms. The fourth-order valence-electron chi connectivity index (χ4n) is 2.51. The Morgan fingerprint density at radius 1 is 1.07 bits per heavy atom. The standard InChI is InChI=1S/C12H25NO/c1-3-9-13(10-4-2)11-12(14)7-5-6-8-12/h14H,3-11H2,1-2H3. The summed E-state index contributed by atoms with van der Waals surface area (Å²) in [6.07, 6.45) is 6.82. The van der Waals surface area contributed by atoms with E-state index < -0.39 is 0 Å². The summed E-state index contributed by atoms with van der Waals surface area (Å²) < 4.78 is 0. The van der Waals surface area contributed by atoms with Crippen LogP contribution in [0.4, 0.5) is 0 Å². The summed E-state index contributed by atoms with van der Waals surface area (Å²) in [6, 6.07) is 0. The van der Waals surface area contributed by atoms with Gasteiger partial charge in [-0.05, 0) is 38.8 Å². The molecule has 0 heterocycles. The van der Waals surface area contributed by atoms with Crippen LogP contribution in [0.25, 0.3) is 0 Å². The summed E-state index contributed by atoms with van der Waals surface area (Å²) in [5, 5.41) is 10.3. The third kappa shape index (κ3) is 3.58. The second kappa shape index (κ2) is 5.72. The fourth-order valence-corrected chi connectivity index (χ4v) is 2.51. The van der Waals surface area contributed by atoms with Crippen molar-refractivity contribution in [3.05, 3.63) is 0 Å². The molecule has 2 nitrogen and oxygen atoms in total. The Morgan fingerprint density at radius 3 is 2.00 bits per heavy atom. The second-order valence-corrected chi connectivity index (χ2v) is 4.71. The van der Waals surface area contributed by atoms with Crippen molar-refractivity contribution < 1.29 is 5.11 Å². The molecule has 1 N–H and O–H groups in total. The first-order chi connectivity index (χ1) is 6.70. The van der Waals surface area contributed by atoms with Crippen LogP contribution in [0, 0.1) is 0 Å². The molecule has 0 bridgehead atoms. The quantitative estimate of drug-likeness (QED) is 0.710. The third-order valence-electron chi connectivity index (χ3n) is 3.13. The number of nitrogens with zero attached hydrogens (tertiary/aromatic N) is 1. The van der Waals surface area contributed by atoms with Gasteiger partial charge in [0.25, 0.3) is 0 Å². The van der Waals surface area contributed by atoms with Gasteiger partial charge in [0.05, 0.1) is 5.60 Å². The van der Waals surface area contributed by atoms with Gasteiger partial charge < -0.3 is 10.0 Å². The van der Waals surface area contributed by atoms with E-state index in [0.717, 1.165) is 32.5 Å². The lowest BCUT2D eigenvalue weighted by atomic mass is 10.0. The molecule has 2 heteroatoms. The molecule has 84 valence electrons. The van der Waals surface area contributed by atoms with Crippen molar-refractivity contribution in [2.45, 2.75) is 58.0 Å². The fraction of sp³-hybridized carbons (Fsp3) is 1.00. The van der Waals surface area contributed by atoms with Crippen molar-refractivity contribution in [3.8, 4) is 0 Å². The largest absolute Gasteiger partial charge is 0.389 e. The van der Waals surface area contributed by atoms with Gasteiger partial charge in [-0.2, -0.15) is 0 Å². The van der Waals surface area contributed by atoms with E-state index >= 15 is 0 Å². The zero-order valence-electron chi connectivity index (χ0n) is 9.76. The van der Waals surface area contributed by atoms with E-state index in [9.17, 15) is 5.11 Å². The molecule has 0 aliphatic heterocycles. The van der Waals surface area contributed by atoms with Crippen molar-refractivity contribution in [2.75, 3.05) is 19.6 Å². The monoisotopic (exact) mass is 199 g/mol. The van der Waals surface area contributed by atoms with Crippen molar-refractivity contribution in [1.29, 1.82) is 0 Å². The molecule has 1 rings (SSSR count). The Bertz CT molecular complexity index is 146. The molecule has 1 saturated carbocycles. The summed E-state index contributed by atoms with van der Waals surface area (Å²) in [5.41, 5.74) is -0.357. The zero-order valence-corrected chi connectivity index (χ0v) is 9.76. The normalized spacial score (nSPS) is 20.6. The Morgan fingerprint density at radius 2 is 1.57 bits per heavy atom. The lowest BCUT2D eigenvalue weighted by Gasteiger charge is -2.30. The molecule has 0 aromatic heterocycles. The van der Waals surface area contributed by atoms with Crippen LogP contribution in [-0.2, 0) is 0 Å². The van der Waals surface area contributed by atoms with Crippen LogP contribution >= 0.6 is 0 Å². The van der Waals surface area contributed by atoms with Crippen molar-refractivity contribution in [2.24, 2.45) is 0 Å². The molecule has 0 radical (unpaired) electrons. The van der Waals surface area contributed by atoms with E-state index in [2.05, 4.69) is 18.7 Å². The Hall–Kier alpha value is -0.0800. The number of hydrogen-bond donors (Lipinski definition) is 1. The van der Waals surface area contributed by atoms with Gasteiger partial charge in [-0.25, -0.2) is 0 Å². The van der Waals surface area contributed by atoms with Gasteiger partial charge in [0.15, 0.2) is 0 Å². The lowest BCUT2D eigenvalue weighted by Crippen LogP contribution is -2.41. The van der Waals surface area contributed by atoms with E-state index in [1.807, 2.05) is 0 Å². The second-order valence-electron chi connectivity index (χ2n) is 4.71. The Kier molecular flexibility index (Phi) is 4.90. The van der Waals surface area contributed by atoms with Crippen LogP contribution in [0.5, 0.6) is 0 Å². The summed E-state index contributed by atoms with van der Waals surface area (Å²) in [5.74, 6) is 0. The molecule has 0 amide bonds. The minimum Gasteiger partial charge on any atom is -0.389 e. The summed E-state index contributed by atoms with van der Waals surface area (Å²) >= 11 is 0. The van der Waals surface area contributed by atoms with Gasteiger partial charge >= 0.3 is 0 Å². The first-order valence-corrected chi connectivity index (χ1v) is 6.15. The van der Waals surface area contributed by atoms with Gasteiger partial charge in [-0.1, -0.05) is 26.7 Å². The zero-order chi connectivity index (χ0) is 10.4. The van der Waals surface area contributed by atoms with E-state index in [1.165, 1.54) is 25.7 Å². The molecular weight excluding hydrogens is 174 g/mol. The highest BCUT2D eigenvalue weighted by molar-refractivity contribution is 4.87. The van der Waals surface area contributed by atoms with Gasteiger partial charge in [-0.15, -0.1) is 0 Å². The van der Waals surface area contributed by atoms with Crippen LogP contribution in [0.1, 0.15) is 52.4 Å². The third-order valence-corrected chi connectivity index (χ3v) is 3.13. The number of rotatable bonds is 6. The first kappa shape index (κ1) is 12.0. The molecule has 0 atom stereocenters. The van der Waals surface area contributed by atoms with E-state index in [1.54, 1.807) is 0 Å². The van der Waals surface area contributed by atoms with Crippen LogP contribution in [0.15, 0.2) is 0 Å². The van der Waals surface area contributed by atoms with Gasteiger partial charge in [-0.3, -0.25) is 0 Å². The average Bonchev–Trinajstić information content (AvgIpc) is 2.53. The Balaban J connectivity index is 2.36. The lowest BCUT2D eigenvalue weighted by molar-refractivity contribution is 0.00938. The highest BCUT2D eigenvalue weighted by Gasteiger charge is 2.32. The maximum atomic E-state index is 10.3. The molecule has 1 aliphatic rings. The molecular formula is C12H25NO. The predicted molar refractivity (Wildman–Crippen MR) is 60.4 cm³/mol. The minimum absolute atomic E-state index is 0.357. The molecule has 1 fully saturated rings. The maximum Gasteiger partial charge on any atom is 0.0774 e. The highest BCUT2D eigenvalue weighted by Crippen LogP contribution is 2.30. The minimum atomic E-state index is -0.357. The topological polar surface area (TPSA) is 23.5 Å². The van der Waals surface area contributed by atoms with Gasteiger partial charge in [0.1, 0.15) is 0 Å². The van der Waals surface area contributed by atoms with Crippen molar-refractivity contribution in [3.63, 3.8) is 0 Å². The molecule has 0 spiro atoms. The van der Waals surface area contributed by atoms with Gasteiger partial charge in [0, 0.05) is 6.54 Å². The molecule has 0 saturated heterocycles. The van der Waals surface area contributed by atoms with Crippen LogP contribution in [0.2, 0.25) is 0 Å². The average molecular weight is 199 g/mol. The molecule has 1 aliphatic carbocycles. The van der Waals surface area contributed by atoms with Crippen LogP contribution < -0.4 is 0 Å². The maximum absolute atomic E-state index is 10.3. The predicted octanol–water partition coefficient (Wildman–Crippen LogP) is 2.41. The Labute approximate surface area is 88.3 Å². The summed E-state index contributed by atoms with van der Waals surface area (Å²) in [7, 11) is 0. The van der Waals surface area contributed by atoms with Crippen molar-refractivity contribution >= 4 is 0 Å². The van der Waals surface area contributed by atoms with E-state index in [0.29, 0.717) is 0 Å². The summed E-state index contributed by atoms with van der Waals surface area (Å²) in [6.45, 7) is 7.59. The van der Waals surface area contributed by atoms with Crippen molar-refractivity contribution in [1.82, 2.24) is 4.90 Å². The van der Waals surface area contributed by atoms with E-state index in [-0.39, 0.29) is 5.60 Å². The van der Waals surface area contributed by atoms with Gasteiger partial charge in [0.2, 0.25) is 0 Å². The first-order valence-electron chi connectivity index (χ1n) is 6.15.